The molecule has 2 aromatic carbocycles. The van der Waals surface area contributed by atoms with E-state index in [2.05, 4.69) is 67.2 Å². The van der Waals surface area contributed by atoms with Crippen molar-refractivity contribution in [1.82, 2.24) is 19.8 Å². The summed E-state index contributed by atoms with van der Waals surface area (Å²) >= 11 is 0. The zero-order valence-corrected chi connectivity index (χ0v) is 24.2. The van der Waals surface area contributed by atoms with Crippen molar-refractivity contribution < 1.29 is 14.2 Å². The molecule has 0 saturated carbocycles. The SMILES string of the molecule is CCN1CCN(c2cccc3c2CN([C@H](CCCNc2nccc(OC)n2)c2ccc(OC)c(OC)c2)C3)CC1. The molecule has 3 aromatic rings. The first-order valence-electron chi connectivity index (χ1n) is 14.3. The monoisotopic (exact) mass is 546 g/mol. The molecule has 2 aliphatic heterocycles. The van der Waals surface area contributed by atoms with Crippen molar-refractivity contribution in [3.8, 4) is 17.4 Å². The maximum atomic E-state index is 5.68. The van der Waals surface area contributed by atoms with E-state index in [-0.39, 0.29) is 6.04 Å². The maximum Gasteiger partial charge on any atom is 0.225 e. The predicted molar refractivity (Wildman–Crippen MR) is 159 cm³/mol. The Labute approximate surface area is 238 Å². The van der Waals surface area contributed by atoms with Gasteiger partial charge in [0.1, 0.15) is 0 Å². The highest BCUT2D eigenvalue weighted by molar-refractivity contribution is 5.58. The van der Waals surface area contributed by atoms with Gasteiger partial charge in [0.2, 0.25) is 11.8 Å². The van der Waals surface area contributed by atoms with Crippen molar-refractivity contribution >= 4 is 11.6 Å². The Balaban J connectivity index is 1.33. The number of fused-ring (bicyclic) bond motifs is 1. The van der Waals surface area contributed by atoms with E-state index in [0.29, 0.717) is 11.8 Å². The van der Waals surface area contributed by atoms with Gasteiger partial charge in [-0.2, -0.15) is 4.98 Å². The number of rotatable bonds is 12. The third-order valence-corrected chi connectivity index (χ3v) is 8.15. The lowest BCUT2D eigenvalue weighted by Crippen LogP contribution is -2.46. The summed E-state index contributed by atoms with van der Waals surface area (Å²) in [6, 6.07) is 15.2. The molecular formula is C31H42N6O3. The minimum atomic E-state index is 0.227. The molecule has 0 spiro atoms. The summed E-state index contributed by atoms with van der Waals surface area (Å²) in [5.74, 6) is 2.66. The number of aromatic nitrogens is 2. The molecule has 0 aliphatic carbocycles. The summed E-state index contributed by atoms with van der Waals surface area (Å²) in [6.45, 7) is 10.4. The Morgan fingerprint density at radius 1 is 0.925 bits per heavy atom. The molecular weight excluding hydrogens is 504 g/mol. The molecule has 9 heteroatoms. The van der Waals surface area contributed by atoms with Gasteiger partial charge in [-0.1, -0.05) is 25.1 Å². The molecule has 1 aromatic heterocycles. The molecule has 9 nitrogen and oxygen atoms in total. The lowest BCUT2D eigenvalue weighted by atomic mass is 9.99. The molecule has 1 N–H and O–H groups in total. The van der Waals surface area contributed by atoms with Crippen LogP contribution in [0.3, 0.4) is 0 Å². The zero-order chi connectivity index (χ0) is 27.9. The molecule has 3 heterocycles. The number of piperazine rings is 1. The third kappa shape index (κ3) is 6.26. The van der Waals surface area contributed by atoms with E-state index in [1.165, 1.54) is 22.4 Å². The van der Waals surface area contributed by atoms with Crippen LogP contribution in [0.5, 0.6) is 17.4 Å². The minimum absolute atomic E-state index is 0.227. The van der Waals surface area contributed by atoms with Gasteiger partial charge in [-0.25, -0.2) is 4.98 Å². The second kappa shape index (κ2) is 13.2. The van der Waals surface area contributed by atoms with Crippen LogP contribution in [0.1, 0.15) is 42.5 Å². The van der Waals surface area contributed by atoms with Crippen LogP contribution in [-0.4, -0.2) is 80.4 Å². The smallest absolute Gasteiger partial charge is 0.225 e. The summed E-state index contributed by atoms with van der Waals surface area (Å²) in [7, 11) is 5.00. The Morgan fingerprint density at radius 2 is 1.75 bits per heavy atom. The molecule has 1 saturated heterocycles. The molecule has 0 amide bonds. The second-order valence-electron chi connectivity index (χ2n) is 10.4. The van der Waals surface area contributed by atoms with Gasteiger partial charge in [-0.3, -0.25) is 4.90 Å². The van der Waals surface area contributed by atoms with Crippen LogP contribution in [-0.2, 0) is 13.1 Å². The van der Waals surface area contributed by atoms with Gasteiger partial charge in [0, 0.05) is 69.8 Å². The van der Waals surface area contributed by atoms with Crippen LogP contribution >= 0.6 is 0 Å². The van der Waals surface area contributed by atoms with Crippen molar-refractivity contribution in [1.29, 1.82) is 0 Å². The zero-order valence-electron chi connectivity index (χ0n) is 24.2. The standard InChI is InChI=1S/C31H42N6O3/c1-5-35-16-18-36(19-17-35)27-9-6-8-24-21-37(22-25(24)27)26(23-11-12-28(38-2)29(20-23)39-3)10-7-14-32-31-33-15-13-30(34-31)40-4/h6,8-9,11-13,15,20,26H,5,7,10,14,16-19,21-22H2,1-4H3,(H,32,33,34)/t26-/m1/s1. The number of ether oxygens (including phenoxy) is 3. The van der Waals surface area contributed by atoms with E-state index < -0.39 is 0 Å². The van der Waals surface area contributed by atoms with Crippen molar-refractivity contribution in [3.63, 3.8) is 0 Å². The number of nitrogens with zero attached hydrogens (tertiary/aromatic N) is 5. The number of likely N-dealkylation sites (N-methyl/N-ethyl adjacent to an activating group) is 1. The van der Waals surface area contributed by atoms with Crippen LogP contribution in [0.2, 0.25) is 0 Å². The fourth-order valence-electron chi connectivity index (χ4n) is 5.91. The molecule has 2 aliphatic rings. The molecule has 1 fully saturated rings. The normalized spacial score (nSPS) is 16.4. The van der Waals surface area contributed by atoms with Crippen molar-refractivity contribution in [3.05, 3.63) is 65.4 Å². The van der Waals surface area contributed by atoms with Crippen LogP contribution in [0.25, 0.3) is 0 Å². The number of hydrogen-bond acceptors (Lipinski definition) is 9. The van der Waals surface area contributed by atoms with Crippen molar-refractivity contribution in [2.45, 2.75) is 38.9 Å². The summed E-state index contributed by atoms with van der Waals surface area (Å²) in [6.07, 6.45) is 3.64. The number of hydrogen-bond donors (Lipinski definition) is 1. The average molecular weight is 547 g/mol. The highest BCUT2D eigenvalue weighted by Crippen LogP contribution is 2.40. The minimum Gasteiger partial charge on any atom is -0.493 e. The lowest BCUT2D eigenvalue weighted by Gasteiger charge is -2.36. The summed E-state index contributed by atoms with van der Waals surface area (Å²) in [5, 5.41) is 3.36. The van der Waals surface area contributed by atoms with Gasteiger partial charge in [-0.05, 0) is 54.3 Å². The van der Waals surface area contributed by atoms with Crippen LogP contribution in [0.4, 0.5) is 11.6 Å². The molecule has 214 valence electrons. The van der Waals surface area contributed by atoms with Gasteiger partial charge in [0.25, 0.3) is 0 Å². The molecule has 5 rings (SSSR count). The van der Waals surface area contributed by atoms with Gasteiger partial charge < -0.3 is 29.3 Å². The van der Waals surface area contributed by atoms with Crippen LogP contribution in [0.15, 0.2) is 48.7 Å². The first kappa shape index (κ1) is 28.0. The Kier molecular flexibility index (Phi) is 9.23. The quantitative estimate of drug-likeness (QED) is 0.328. The molecule has 0 bridgehead atoms. The molecule has 0 unspecified atom stereocenters. The number of anilines is 2. The van der Waals surface area contributed by atoms with Crippen LogP contribution in [0, 0.1) is 0 Å². The number of methoxy groups -OCH3 is 3. The first-order valence-corrected chi connectivity index (χ1v) is 14.3. The summed E-state index contributed by atoms with van der Waals surface area (Å²) < 4.78 is 16.4. The van der Waals surface area contributed by atoms with Crippen molar-refractivity contribution in [2.75, 3.05) is 70.8 Å². The van der Waals surface area contributed by atoms with Crippen molar-refractivity contribution in [2.24, 2.45) is 0 Å². The van der Waals surface area contributed by atoms with Gasteiger partial charge in [0.15, 0.2) is 11.5 Å². The van der Waals surface area contributed by atoms with E-state index in [1.54, 1.807) is 33.6 Å². The molecule has 40 heavy (non-hydrogen) atoms. The van der Waals surface area contributed by atoms with E-state index >= 15 is 0 Å². The van der Waals surface area contributed by atoms with E-state index in [9.17, 15) is 0 Å². The lowest BCUT2D eigenvalue weighted by molar-refractivity contribution is 0.188. The Hall–Kier alpha value is -3.56. The second-order valence-corrected chi connectivity index (χ2v) is 10.4. The van der Waals surface area contributed by atoms with E-state index in [4.69, 9.17) is 14.2 Å². The number of benzene rings is 2. The first-order chi connectivity index (χ1) is 19.6. The fraction of sp³-hybridized carbons (Fsp3) is 0.484. The molecule has 0 radical (unpaired) electrons. The summed E-state index contributed by atoms with van der Waals surface area (Å²) in [4.78, 5) is 16.4. The highest BCUT2D eigenvalue weighted by Gasteiger charge is 2.30. The Bertz CT molecular complexity index is 1260. The van der Waals surface area contributed by atoms with Gasteiger partial charge in [0.05, 0.1) is 21.3 Å². The molecule has 1 atom stereocenters. The fourth-order valence-corrected chi connectivity index (χ4v) is 5.91. The van der Waals surface area contributed by atoms with E-state index in [1.807, 2.05) is 6.07 Å². The topological polar surface area (TPSA) is 75.2 Å². The summed E-state index contributed by atoms with van der Waals surface area (Å²) in [5.41, 5.74) is 5.55. The predicted octanol–water partition coefficient (Wildman–Crippen LogP) is 4.59. The maximum absolute atomic E-state index is 5.68. The largest absolute Gasteiger partial charge is 0.493 e. The number of nitrogens with one attached hydrogen (secondary N) is 1. The highest BCUT2D eigenvalue weighted by atomic mass is 16.5. The average Bonchev–Trinajstić information content (AvgIpc) is 3.45. The van der Waals surface area contributed by atoms with E-state index in [0.717, 1.165) is 76.7 Å². The van der Waals surface area contributed by atoms with Gasteiger partial charge >= 0.3 is 0 Å². The Morgan fingerprint density at radius 3 is 2.50 bits per heavy atom. The van der Waals surface area contributed by atoms with Crippen LogP contribution < -0.4 is 24.4 Å². The third-order valence-electron chi connectivity index (χ3n) is 8.15. The van der Waals surface area contributed by atoms with Gasteiger partial charge in [-0.15, -0.1) is 0 Å².